The first-order valence-electron chi connectivity index (χ1n) is 7.83. The maximum absolute atomic E-state index is 11.4. The van der Waals surface area contributed by atoms with Crippen molar-refractivity contribution < 1.29 is 4.79 Å². The van der Waals surface area contributed by atoms with E-state index >= 15 is 0 Å². The molecule has 106 valence electrons. The highest BCUT2D eigenvalue weighted by molar-refractivity contribution is 6.38. The zero-order valence-corrected chi connectivity index (χ0v) is 12.4. The molecule has 0 aliphatic rings. The summed E-state index contributed by atoms with van der Waals surface area (Å²) in [5.74, 6) is 0.0528. The van der Waals surface area contributed by atoms with Crippen molar-refractivity contribution in [3.8, 4) is 0 Å². The fourth-order valence-corrected chi connectivity index (χ4v) is 2.12. The Hall–Kier alpha value is -0.660. The Bertz CT molecular complexity index is 223. The first-order valence-corrected chi connectivity index (χ1v) is 7.83. The maximum Gasteiger partial charge on any atom is 0.176 e. The van der Waals surface area contributed by atoms with E-state index in [0.717, 1.165) is 12.8 Å². The highest BCUT2D eigenvalue weighted by Crippen LogP contribution is 2.11. The number of carbonyl (C=O) groups is 1. The number of Topliss-reactive ketones (excluding diaryl/α,β-unsaturated/α-hetero) is 1. The van der Waals surface area contributed by atoms with Crippen LogP contribution in [-0.2, 0) is 4.79 Å². The fraction of sp³-hybridized carbons (Fsp3) is 0.875. The summed E-state index contributed by atoms with van der Waals surface area (Å²) in [5.41, 5.74) is 0.297. The normalized spacial score (nSPS) is 10.6. The van der Waals surface area contributed by atoms with Crippen LogP contribution in [0.4, 0.5) is 0 Å². The van der Waals surface area contributed by atoms with E-state index in [4.69, 9.17) is 5.41 Å². The molecule has 0 aromatic rings. The summed E-state index contributed by atoms with van der Waals surface area (Å²) < 4.78 is 0. The summed E-state index contributed by atoms with van der Waals surface area (Å²) in [6.07, 6.45) is 14.1. The second-order valence-electron chi connectivity index (χ2n) is 5.19. The van der Waals surface area contributed by atoms with E-state index in [-0.39, 0.29) is 5.78 Å². The van der Waals surface area contributed by atoms with Crippen molar-refractivity contribution in [2.45, 2.75) is 90.9 Å². The van der Waals surface area contributed by atoms with E-state index in [0.29, 0.717) is 18.6 Å². The minimum absolute atomic E-state index is 0.0528. The second-order valence-corrected chi connectivity index (χ2v) is 5.19. The van der Waals surface area contributed by atoms with E-state index in [1.54, 1.807) is 0 Å². The third-order valence-electron chi connectivity index (χ3n) is 3.45. The Morgan fingerprint density at radius 1 is 0.778 bits per heavy atom. The largest absolute Gasteiger partial charge is 0.302 e. The summed E-state index contributed by atoms with van der Waals surface area (Å²) in [7, 11) is 0. The molecule has 1 N–H and O–H groups in total. The monoisotopic (exact) mass is 253 g/mol. The molecule has 0 bridgehead atoms. The number of carbonyl (C=O) groups excluding carboxylic acids is 1. The number of ketones is 1. The van der Waals surface area contributed by atoms with Gasteiger partial charge in [-0.1, -0.05) is 71.6 Å². The maximum atomic E-state index is 11.4. The van der Waals surface area contributed by atoms with Crippen molar-refractivity contribution in [2.75, 3.05) is 0 Å². The zero-order chi connectivity index (χ0) is 13.6. The smallest absolute Gasteiger partial charge is 0.176 e. The minimum Gasteiger partial charge on any atom is -0.302 e. The van der Waals surface area contributed by atoms with E-state index in [1.807, 2.05) is 6.92 Å². The zero-order valence-electron chi connectivity index (χ0n) is 12.4. The van der Waals surface area contributed by atoms with Crippen molar-refractivity contribution in [2.24, 2.45) is 0 Å². The lowest BCUT2D eigenvalue weighted by Crippen LogP contribution is -2.10. The number of nitrogens with one attached hydrogen (secondary N) is 1. The topological polar surface area (TPSA) is 40.9 Å². The third-order valence-corrected chi connectivity index (χ3v) is 3.45. The molecule has 0 aromatic carbocycles. The van der Waals surface area contributed by atoms with Crippen molar-refractivity contribution in [3.63, 3.8) is 0 Å². The Labute approximate surface area is 113 Å². The molecular formula is C16H31NO. The predicted octanol–water partition coefficient (Wildman–Crippen LogP) is 5.30. The van der Waals surface area contributed by atoms with Crippen LogP contribution in [0.1, 0.15) is 90.9 Å². The first-order chi connectivity index (χ1) is 8.72. The Balaban J connectivity index is 3.16. The van der Waals surface area contributed by atoms with E-state index in [9.17, 15) is 4.79 Å². The molecule has 18 heavy (non-hydrogen) atoms. The van der Waals surface area contributed by atoms with Gasteiger partial charge in [0.05, 0.1) is 5.71 Å². The van der Waals surface area contributed by atoms with Gasteiger partial charge >= 0.3 is 0 Å². The third kappa shape index (κ3) is 10.5. The summed E-state index contributed by atoms with van der Waals surface area (Å²) in [5, 5.41) is 7.42. The van der Waals surface area contributed by atoms with Gasteiger partial charge in [-0.15, -0.1) is 0 Å². The number of unbranched alkanes of at least 4 members (excludes halogenated alkanes) is 9. The highest BCUT2D eigenvalue weighted by Gasteiger charge is 2.05. The quantitative estimate of drug-likeness (QED) is 0.351. The minimum atomic E-state index is 0.0528. The molecule has 0 amide bonds. The van der Waals surface area contributed by atoms with Gasteiger partial charge in [-0.05, 0) is 12.8 Å². The van der Waals surface area contributed by atoms with Crippen LogP contribution in [-0.4, -0.2) is 11.5 Å². The molecule has 0 unspecified atom stereocenters. The van der Waals surface area contributed by atoms with Gasteiger partial charge in [0.25, 0.3) is 0 Å². The lowest BCUT2D eigenvalue weighted by atomic mass is 10.0. The fourth-order valence-electron chi connectivity index (χ4n) is 2.12. The molecule has 0 saturated carbocycles. The van der Waals surface area contributed by atoms with Crippen molar-refractivity contribution in [1.82, 2.24) is 0 Å². The van der Waals surface area contributed by atoms with Gasteiger partial charge in [0, 0.05) is 6.42 Å². The lowest BCUT2D eigenvalue weighted by molar-refractivity contribution is -0.113. The molecule has 0 rings (SSSR count). The molecule has 0 fully saturated rings. The van der Waals surface area contributed by atoms with E-state index in [2.05, 4.69) is 6.92 Å². The molecule has 2 nitrogen and oxygen atoms in total. The number of hydrogen-bond acceptors (Lipinski definition) is 2. The van der Waals surface area contributed by atoms with Gasteiger partial charge in [0.15, 0.2) is 5.78 Å². The van der Waals surface area contributed by atoms with Gasteiger partial charge < -0.3 is 5.41 Å². The van der Waals surface area contributed by atoms with Crippen LogP contribution in [0.25, 0.3) is 0 Å². The lowest BCUT2D eigenvalue weighted by Gasteiger charge is -2.02. The van der Waals surface area contributed by atoms with Crippen LogP contribution in [0, 0.1) is 5.41 Å². The van der Waals surface area contributed by atoms with Gasteiger partial charge in [0.1, 0.15) is 0 Å². The molecule has 2 heteroatoms. The van der Waals surface area contributed by atoms with Crippen LogP contribution in [0.3, 0.4) is 0 Å². The van der Waals surface area contributed by atoms with Crippen molar-refractivity contribution in [3.05, 3.63) is 0 Å². The summed E-state index contributed by atoms with van der Waals surface area (Å²) in [4.78, 5) is 11.4. The Morgan fingerprint density at radius 3 is 1.67 bits per heavy atom. The summed E-state index contributed by atoms with van der Waals surface area (Å²) in [6.45, 7) is 4.12. The molecule has 0 aliphatic heterocycles. The SMILES string of the molecule is CCCCCCCCCCCCC(=O)C(=N)CC. The summed E-state index contributed by atoms with van der Waals surface area (Å²) in [6, 6.07) is 0. The Morgan fingerprint density at radius 2 is 1.22 bits per heavy atom. The average Bonchev–Trinajstić information content (AvgIpc) is 2.39. The van der Waals surface area contributed by atoms with Crippen molar-refractivity contribution in [1.29, 1.82) is 5.41 Å². The van der Waals surface area contributed by atoms with Gasteiger partial charge in [-0.3, -0.25) is 4.79 Å². The van der Waals surface area contributed by atoms with Gasteiger partial charge in [-0.2, -0.15) is 0 Å². The van der Waals surface area contributed by atoms with Crippen molar-refractivity contribution >= 4 is 11.5 Å². The summed E-state index contributed by atoms with van der Waals surface area (Å²) >= 11 is 0. The molecular weight excluding hydrogens is 222 g/mol. The first kappa shape index (κ1) is 17.3. The standard InChI is InChI=1S/C16H31NO/c1-3-5-6-7-8-9-10-11-12-13-14-16(18)15(17)4-2/h17H,3-14H2,1-2H3. The van der Waals surface area contributed by atoms with E-state index in [1.165, 1.54) is 51.4 Å². The van der Waals surface area contributed by atoms with Crippen LogP contribution < -0.4 is 0 Å². The van der Waals surface area contributed by atoms with Crippen LogP contribution in [0.5, 0.6) is 0 Å². The molecule has 0 atom stereocenters. The number of hydrogen-bond donors (Lipinski definition) is 1. The Kier molecular flexibility index (Phi) is 12.3. The second kappa shape index (κ2) is 12.8. The molecule has 0 aromatic heterocycles. The van der Waals surface area contributed by atoms with Gasteiger partial charge in [-0.25, -0.2) is 0 Å². The highest BCUT2D eigenvalue weighted by atomic mass is 16.1. The molecule has 0 radical (unpaired) electrons. The molecule has 0 saturated heterocycles. The van der Waals surface area contributed by atoms with Gasteiger partial charge in [0.2, 0.25) is 0 Å². The predicted molar refractivity (Wildman–Crippen MR) is 79.5 cm³/mol. The molecule has 0 spiro atoms. The van der Waals surface area contributed by atoms with Crippen LogP contribution in [0.2, 0.25) is 0 Å². The molecule has 0 aliphatic carbocycles. The van der Waals surface area contributed by atoms with E-state index < -0.39 is 0 Å². The molecule has 0 heterocycles. The number of rotatable bonds is 13. The average molecular weight is 253 g/mol. The van der Waals surface area contributed by atoms with Crippen LogP contribution in [0.15, 0.2) is 0 Å². The van der Waals surface area contributed by atoms with Crippen LogP contribution >= 0.6 is 0 Å².